The third-order valence-corrected chi connectivity index (χ3v) is 25.9. The average molecular weight is 1800 g/mol. The standard InChI is InChI=1S/C42H33BN2O3.C36H23BrN2O2.C36H21BrN2O/c1-41(2)42(3,4)48-43(47-41)32-19-16-27(17-20-32)38-34-22-23-36-39(45-40(46-36)28-11-6-5-7-12-28)37(34)33-21-18-31(25-35(33)44-38)30-15-14-26-10-8-9-13-29(26)24-30;37-29-18-15-24(16-19-29)35(40)38-32-22-28(27-14-13-23-7-4-5-10-26(23)21-27)17-20-30(32)31-11-6-12-33-34(31)39-36(41-33)25-8-2-1-3-9-25;37-28-15-12-23(13-16-28)34-30-18-19-32-35(39-36(40-32)24-7-2-1-3-8-24)33(30)29-17-14-27(21-31(29)38-34)26-11-10-22-6-4-5-9-25(22)20-26/h5-25H,1-4H3;1-22H,(H,38,40);1-21H. The number of hydrogen-bond donors (Lipinski definition) is 1. The molecule has 23 aromatic rings. The quantitative estimate of drug-likeness (QED) is 0.0919. The Morgan fingerprint density at radius 3 is 1.10 bits per heavy atom. The number of benzene rings is 18. The van der Waals surface area contributed by atoms with E-state index >= 15 is 0 Å². The highest BCUT2D eigenvalue weighted by Gasteiger charge is 2.51. The van der Waals surface area contributed by atoms with E-state index in [4.69, 9.17) is 47.5 Å². The van der Waals surface area contributed by atoms with Gasteiger partial charge < -0.3 is 27.9 Å². The summed E-state index contributed by atoms with van der Waals surface area (Å²) in [5.41, 5.74) is 22.9. The molecule has 5 aromatic heterocycles. The number of amides is 1. The third kappa shape index (κ3) is 15.3. The lowest BCUT2D eigenvalue weighted by atomic mass is 9.78. The Kier molecular flexibility index (Phi) is 20.4. The second-order valence-electron chi connectivity index (χ2n) is 33.5. The largest absolute Gasteiger partial charge is 0.494 e. The summed E-state index contributed by atoms with van der Waals surface area (Å²) in [6, 6.07) is 132. The van der Waals surface area contributed by atoms with Gasteiger partial charge in [-0.3, -0.25) is 4.79 Å². The summed E-state index contributed by atoms with van der Waals surface area (Å²) in [6.07, 6.45) is 0. The molecule has 0 aliphatic carbocycles. The van der Waals surface area contributed by atoms with Gasteiger partial charge in [-0.25, -0.2) is 24.9 Å². The molecule has 1 aliphatic heterocycles. The van der Waals surface area contributed by atoms with Crippen molar-refractivity contribution in [3.63, 3.8) is 0 Å². The zero-order valence-electron chi connectivity index (χ0n) is 70.5. The number of anilines is 1. The van der Waals surface area contributed by atoms with Gasteiger partial charge in [0.25, 0.3) is 5.91 Å². The van der Waals surface area contributed by atoms with Crippen LogP contribution in [0.15, 0.2) is 410 Å². The fourth-order valence-corrected chi connectivity index (χ4v) is 17.9. The Balaban J connectivity index is 0.000000114. The second kappa shape index (κ2) is 33.0. The predicted octanol–water partition coefficient (Wildman–Crippen LogP) is 30.4. The van der Waals surface area contributed by atoms with Crippen molar-refractivity contribution in [3.05, 3.63) is 403 Å². The van der Waals surface area contributed by atoms with Crippen LogP contribution in [0.1, 0.15) is 38.1 Å². The van der Waals surface area contributed by atoms with Crippen molar-refractivity contribution < 1.29 is 27.4 Å². The third-order valence-electron chi connectivity index (χ3n) is 24.9. The summed E-state index contributed by atoms with van der Waals surface area (Å²) in [5.74, 6) is 1.59. The van der Waals surface area contributed by atoms with Crippen LogP contribution in [-0.4, -0.2) is 49.1 Å². The van der Waals surface area contributed by atoms with Crippen molar-refractivity contribution in [2.24, 2.45) is 0 Å². The van der Waals surface area contributed by atoms with Gasteiger partial charge >= 0.3 is 7.12 Å². The summed E-state index contributed by atoms with van der Waals surface area (Å²) in [4.78, 5) is 39.0. The van der Waals surface area contributed by atoms with Gasteiger partial charge in [-0.1, -0.05) is 281 Å². The first-order chi connectivity index (χ1) is 63.1. The number of aromatic nitrogens is 5. The fraction of sp³-hybridized carbons (Fsp3) is 0.0526. The van der Waals surface area contributed by atoms with E-state index in [1.807, 2.05) is 158 Å². The van der Waals surface area contributed by atoms with Crippen molar-refractivity contribution in [2.45, 2.75) is 38.9 Å². The summed E-state index contributed by atoms with van der Waals surface area (Å²) >= 11 is 7.03. The Morgan fingerprint density at radius 2 is 0.651 bits per heavy atom. The molecule has 1 N–H and O–H groups in total. The minimum atomic E-state index is -0.430. The molecule has 0 saturated carbocycles. The van der Waals surface area contributed by atoms with Gasteiger partial charge in [0.2, 0.25) is 17.7 Å². The summed E-state index contributed by atoms with van der Waals surface area (Å²) in [5, 5.41) is 16.7. The van der Waals surface area contributed by atoms with Crippen LogP contribution in [-0.2, 0) is 9.31 Å². The van der Waals surface area contributed by atoms with Crippen molar-refractivity contribution in [3.8, 4) is 101 Å². The molecule has 0 radical (unpaired) electrons. The molecule has 616 valence electrons. The maximum absolute atomic E-state index is 13.4. The van der Waals surface area contributed by atoms with Crippen LogP contribution in [0.2, 0.25) is 0 Å². The van der Waals surface area contributed by atoms with Crippen LogP contribution in [0.4, 0.5) is 5.69 Å². The number of carbonyl (C=O) groups is 1. The summed E-state index contributed by atoms with van der Waals surface area (Å²) in [6.45, 7) is 8.30. The van der Waals surface area contributed by atoms with E-state index in [-0.39, 0.29) is 5.91 Å². The number of fused-ring (bicyclic) bond motifs is 14. The zero-order valence-corrected chi connectivity index (χ0v) is 73.6. The van der Waals surface area contributed by atoms with Gasteiger partial charge in [0.1, 0.15) is 16.6 Å². The number of hydrogen-bond acceptors (Lipinski definition) is 11. The maximum Gasteiger partial charge on any atom is 0.494 e. The number of nitrogens with one attached hydrogen (secondary N) is 1. The Morgan fingerprint density at radius 1 is 0.295 bits per heavy atom. The van der Waals surface area contributed by atoms with Crippen LogP contribution in [0, 0.1) is 0 Å². The first kappa shape index (κ1) is 79.8. The highest BCUT2D eigenvalue weighted by atomic mass is 79.9. The van der Waals surface area contributed by atoms with Gasteiger partial charge in [0.05, 0.1) is 33.6 Å². The van der Waals surface area contributed by atoms with Gasteiger partial charge in [-0.2, -0.15) is 0 Å². The molecule has 12 nitrogen and oxygen atoms in total. The molecule has 18 aromatic carbocycles. The van der Waals surface area contributed by atoms with Gasteiger partial charge in [-0.15, -0.1) is 0 Å². The number of halogens is 2. The van der Waals surface area contributed by atoms with Crippen molar-refractivity contribution in [1.29, 1.82) is 0 Å². The molecule has 15 heteroatoms. The summed E-state index contributed by atoms with van der Waals surface area (Å²) in [7, 11) is -0.430. The average Bonchev–Trinajstić information content (AvgIpc) is 1.66. The SMILES string of the molecule is Brc1ccc(-c2nc3cc(-c4ccc5ccccc5c4)ccc3c3c2ccc2oc(-c4ccccc4)nc23)cc1.CC1(C)OB(c2ccc(-c3nc4cc(-c5ccc6ccccc6c5)ccc4c4c3ccc3oc(-c5ccccc5)nc34)cc2)OC1(C)C.O=C(Nc1cc(-c2ccc3ccccc3c2)ccc1-c1cccc2oc(-c3ccccc3)nc12)c1ccc(Br)cc1. The number of carbonyl (C=O) groups excluding carboxylic acids is 1. The maximum atomic E-state index is 13.4. The fourth-order valence-electron chi connectivity index (χ4n) is 17.4. The highest BCUT2D eigenvalue weighted by molar-refractivity contribution is 9.10. The molecule has 0 bridgehead atoms. The molecule has 1 saturated heterocycles. The molecule has 6 heterocycles. The van der Waals surface area contributed by atoms with Gasteiger partial charge in [-0.05, 0) is 238 Å². The van der Waals surface area contributed by atoms with Crippen molar-refractivity contribution >= 4 is 165 Å². The van der Waals surface area contributed by atoms with E-state index in [2.05, 4.69) is 283 Å². The van der Waals surface area contributed by atoms with Gasteiger partial charge in [0, 0.05) is 91.5 Å². The van der Waals surface area contributed by atoms with Crippen molar-refractivity contribution in [1.82, 2.24) is 24.9 Å². The molecule has 0 spiro atoms. The molecule has 1 fully saturated rings. The monoisotopic (exact) mass is 1790 g/mol. The number of nitrogens with zero attached hydrogens (tertiary/aromatic N) is 5. The van der Waals surface area contributed by atoms with E-state index in [0.29, 0.717) is 34.5 Å². The number of para-hydroxylation sites is 1. The molecule has 1 aliphatic rings. The first-order valence-electron chi connectivity index (χ1n) is 42.9. The molecule has 1 amide bonds. The smallest absolute Gasteiger partial charge is 0.436 e. The Hall–Kier alpha value is -15.1. The van der Waals surface area contributed by atoms with Crippen molar-refractivity contribution in [2.75, 3.05) is 5.32 Å². The van der Waals surface area contributed by atoms with Crippen LogP contribution in [0.5, 0.6) is 0 Å². The Labute approximate surface area is 760 Å². The molecular formula is C114H77BBr2N6O6. The highest BCUT2D eigenvalue weighted by Crippen LogP contribution is 2.46. The van der Waals surface area contributed by atoms with E-state index in [1.165, 1.54) is 32.5 Å². The molecule has 0 atom stereocenters. The van der Waals surface area contributed by atoms with E-state index in [1.54, 1.807) is 12.1 Å². The lowest BCUT2D eigenvalue weighted by Crippen LogP contribution is -2.41. The van der Waals surface area contributed by atoms with E-state index in [0.717, 1.165) is 169 Å². The minimum Gasteiger partial charge on any atom is -0.436 e. The lowest BCUT2D eigenvalue weighted by Gasteiger charge is -2.32. The van der Waals surface area contributed by atoms with Gasteiger partial charge in [0.15, 0.2) is 16.7 Å². The lowest BCUT2D eigenvalue weighted by molar-refractivity contribution is 0.00578. The van der Waals surface area contributed by atoms with Crippen LogP contribution >= 0.6 is 31.9 Å². The molecule has 24 rings (SSSR count). The predicted molar refractivity (Wildman–Crippen MR) is 535 cm³/mol. The first-order valence-corrected chi connectivity index (χ1v) is 44.5. The molecule has 129 heavy (non-hydrogen) atoms. The number of pyridine rings is 2. The van der Waals surface area contributed by atoms with E-state index in [9.17, 15) is 4.79 Å². The van der Waals surface area contributed by atoms with Crippen LogP contribution in [0.25, 0.3) is 210 Å². The Bertz CT molecular complexity index is 8320. The topological polar surface area (TPSA) is 151 Å². The molecule has 0 unspecified atom stereocenters. The molecular weight excluding hydrogens is 1720 g/mol. The van der Waals surface area contributed by atoms with Crippen LogP contribution < -0.4 is 10.8 Å². The summed E-state index contributed by atoms with van der Waals surface area (Å²) < 4.78 is 33.4. The van der Waals surface area contributed by atoms with E-state index < -0.39 is 18.3 Å². The number of oxazole rings is 3. The minimum absolute atomic E-state index is 0.188. The van der Waals surface area contributed by atoms with Crippen LogP contribution in [0.3, 0.4) is 0 Å². The normalized spacial score (nSPS) is 13.0. The zero-order chi connectivity index (χ0) is 87.0. The number of rotatable bonds is 12. The second-order valence-corrected chi connectivity index (χ2v) is 35.3.